The number of rotatable bonds is 2. The minimum absolute atomic E-state index is 0. The zero-order valence-corrected chi connectivity index (χ0v) is 10.9. The fourth-order valence-electron chi connectivity index (χ4n) is 0.0500. The molecule has 0 bridgehead atoms. The minimum Gasteiger partial charge on any atom is -0.550 e. The predicted molar refractivity (Wildman–Crippen MR) is 48.1 cm³/mol. The molecular weight excluding hydrogens is 313 g/mol. The summed E-state index contributed by atoms with van der Waals surface area (Å²) in [5, 5.41) is 34.4. The van der Waals surface area contributed by atoms with E-state index >= 15 is 0 Å². The van der Waals surface area contributed by atoms with Crippen LogP contribution in [0.3, 0.4) is 0 Å². The molecule has 0 amide bonds. The van der Waals surface area contributed by atoms with Gasteiger partial charge >= 0.3 is 20.4 Å². The van der Waals surface area contributed by atoms with Crippen LogP contribution in [-0.4, -0.2) is 40.9 Å². The summed E-state index contributed by atoms with van der Waals surface area (Å²) in [6.45, 7) is 3.17. The van der Waals surface area contributed by atoms with Gasteiger partial charge < -0.3 is 35.7 Å². The van der Waals surface area contributed by atoms with Gasteiger partial charge in [-0.2, -0.15) is 0 Å². The topological polar surface area (TPSA) is 147 Å². The van der Waals surface area contributed by atoms with Crippen molar-refractivity contribution in [1.82, 2.24) is 0 Å². The van der Waals surface area contributed by atoms with Crippen LogP contribution in [0.4, 0.5) is 0 Å². The Morgan fingerprint density at radius 3 is 1.25 bits per heavy atom. The molecule has 0 saturated carbocycles. The van der Waals surface area contributed by atoms with E-state index in [0.29, 0.717) is 0 Å². The Kier molecular flexibility index (Phi) is 22.3. The summed E-state index contributed by atoms with van der Waals surface area (Å²) in [5.41, 5.74) is 4.41. The number of aliphatic hydroxyl groups is 2. The molecule has 16 heavy (non-hydrogen) atoms. The number of aliphatic hydroxyl groups excluding tert-OH is 2. The van der Waals surface area contributed by atoms with E-state index in [0.717, 1.165) is 13.8 Å². The van der Waals surface area contributed by atoms with Crippen molar-refractivity contribution in [2.24, 2.45) is 5.73 Å². The van der Waals surface area contributed by atoms with E-state index in [4.69, 9.17) is 35.7 Å². The molecule has 0 spiro atoms. The van der Waals surface area contributed by atoms with Crippen molar-refractivity contribution in [3.05, 3.63) is 0 Å². The number of nitrogens with two attached hydrogens (primary N) is 1. The molecule has 0 rings (SSSR count). The van der Waals surface area contributed by atoms with Crippen molar-refractivity contribution >= 4 is 11.9 Å². The molecule has 8 heteroatoms. The van der Waals surface area contributed by atoms with Gasteiger partial charge in [0.15, 0.2) is 0 Å². The van der Waals surface area contributed by atoms with Gasteiger partial charge in [0, 0.05) is 11.9 Å². The zero-order chi connectivity index (χ0) is 13.1. The first kappa shape index (κ1) is 24.6. The Morgan fingerprint density at radius 1 is 1.12 bits per heavy atom. The second-order valence-electron chi connectivity index (χ2n) is 2.95. The fourth-order valence-corrected chi connectivity index (χ4v) is 0.0500. The summed E-state index contributed by atoms with van der Waals surface area (Å²) in [4.78, 5) is 17.8. The van der Waals surface area contributed by atoms with Crippen LogP contribution in [0.5, 0.6) is 0 Å². The SMILES string of the molecule is CC(=O)[O-].CC(=O)[O-].CC(N)(CO)CO.[Pd+2]. The quantitative estimate of drug-likeness (QED) is 0.440. The van der Waals surface area contributed by atoms with E-state index in [2.05, 4.69) is 0 Å². The maximum absolute atomic E-state index is 8.89. The van der Waals surface area contributed by atoms with E-state index in [1.54, 1.807) is 6.92 Å². The molecule has 0 aliphatic carbocycles. The van der Waals surface area contributed by atoms with Crippen LogP contribution in [0.25, 0.3) is 0 Å². The molecule has 0 radical (unpaired) electrons. The molecule has 7 nitrogen and oxygen atoms in total. The van der Waals surface area contributed by atoms with E-state index in [1.807, 2.05) is 0 Å². The van der Waals surface area contributed by atoms with Crippen LogP contribution in [0.15, 0.2) is 0 Å². The molecule has 0 aliphatic rings. The second-order valence-corrected chi connectivity index (χ2v) is 2.95. The average molecular weight is 330 g/mol. The van der Waals surface area contributed by atoms with Gasteiger partial charge in [-0.1, -0.05) is 0 Å². The Bertz CT molecular complexity index is 159. The van der Waals surface area contributed by atoms with Gasteiger partial charge in [0.2, 0.25) is 0 Å². The van der Waals surface area contributed by atoms with Crippen molar-refractivity contribution < 1.29 is 50.4 Å². The Hall–Kier alpha value is -0.518. The smallest absolute Gasteiger partial charge is 0.550 e. The van der Waals surface area contributed by atoms with Gasteiger partial charge in [-0.05, 0) is 20.8 Å². The summed E-state index contributed by atoms with van der Waals surface area (Å²) < 4.78 is 0. The van der Waals surface area contributed by atoms with Gasteiger partial charge in [0.05, 0.1) is 18.8 Å². The van der Waals surface area contributed by atoms with E-state index in [-0.39, 0.29) is 33.6 Å². The second kappa shape index (κ2) is 14.5. The van der Waals surface area contributed by atoms with Crippen LogP contribution in [-0.2, 0) is 30.0 Å². The third-order valence-corrected chi connectivity index (χ3v) is 0.722. The third kappa shape index (κ3) is 69.9. The largest absolute Gasteiger partial charge is 2.00 e. The monoisotopic (exact) mass is 329 g/mol. The third-order valence-electron chi connectivity index (χ3n) is 0.722. The predicted octanol–water partition coefficient (Wildman–Crippen LogP) is -3.80. The Morgan fingerprint density at radius 2 is 1.25 bits per heavy atom. The summed E-state index contributed by atoms with van der Waals surface area (Å²) in [6, 6.07) is 0. The van der Waals surface area contributed by atoms with Crippen molar-refractivity contribution in [3.63, 3.8) is 0 Å². The number of hydrogen-bond donors (Lipinski definition) is 3. The zero-order valence-electron chi connectivity index (χ0n) is 9.34. The molecule has 0 aromatic heterocycles. The molecule has 0 atom stereocenters. The number of carbonyl (C=O) groups is 2. The fraction of sp³-hybridized carbons (Fsp3) is 0.750. The van der Waals surface area contributed by atoms with Crippen LogP contribution in [0, 0.1) is 0 Å². The summed E-state index contributed by atoms with van der Waals surface area (Å²) in [7, 11) is 0. The molecule has 4 N–H and O–H groups in total. The number of carboxylic acid groups (broad SMARTS) is 2. The van der Waals surface area contributed by atoms with E-state index in [1.165, 1.54) is 0 Å². The summed E-state index contributed by atoms with van der Waals surface area (Å²) >= 11 is 0. The molecule has 0 fully saturated rings. The van der Waals surface area contributed by atoms with E-state index in [9.17, 15) is 0 Å². The summed E-state index contributed by atoms with van der Waals surface area (Å²) in [6.07, 6.45) is 0. The van der Waals surface area contributed by atoms with Crippen LogP contribution in [0.2, 0.25) is 0 Å². The van der Waals surface area contributed by atoms with E-state index < -0.39 is 17.5 Å². The molecule has 0 aliphatic heterocycles. The average Bonchev–Trinajstić information content (AvgIpc) is 2.02. The van der Waals surface area contributed by atoms with Crippen LogP contribution >= 0.6 is 0 Å². The number of carbonyl (C=O) groups excluding carboxylic acids is 2. The molecule has 0 unspecified atom stereocenters. The Balaban J connectivity index is -0.0000000700. The number of aliphatic carboxylic acids is 2. The molecule has 100 valence electrons. The normalized spacial score (nSPS) is 8.38. The summed E-state index contributed by atoms with van der Waals surface area (Å²) in [5.74, 6) is -2.17. The first-order chi connectivity index (χ1) is 6.59. The Labute approximate surface area is 108 Å². The molecule has 0 heterocycles. The molecule has 0 saturated heterocycles. The minimum atomic E-state index is -1.08. The van der Waals surface area contributed by atoms with Crippen molar-refractivity contribution in [2.75, 3.05) is 13.2 Å². The molecule has 0 aromatic carbocycles. The maximum atomic E-state index is 8.89. The van der Waals surface area contributed by atoms with Gasteiger partial charge in [0.25, 0.3) is 0 Å². The van der Waals surface area contributed by atoms with Crippen molar-refractivity contribution in [2.45, 2.75) is 26.3 Å². The number of hydrogen-bond acceptors (Lipinski definition) is 7. The van der Waals surface area contributed by atoms with Gasteiger partial charge in [-0.3, -0.25) is 0 Å². The standard InChI is InChI=1S/C4H11NO2.2C2H4O2.Pd/c1-4(5,2-6)3-7;2*1-2(3)4;/h6-7H,2-3,5H2,1H3;2*1H3,(H,3,4);/q;;;+2/p-2. The van der Waals surface area contributed by atoms with Gasteiger partial charge in [-0.25, -0.2) is 0 Å². The molecular formula is C8H17NO6Pd. The van der Waals surface area contributed by atoms with Crippen molar-refractivity contribution in [1.29, 1.82) is 0 Å². The van der Waals surface area contributed by atoms with Gasteiger partial charge in [0.1, 0.15) is 0 Å². The first-order valence-electron chi connectivity index (χ1n) is 3.94. The van der Waals surface area contributed by atoms with Gasteiger partial charge in [-0.15, -0.1) is 0 Å². The van der Waals surface area contributed by atoms with Crippen molar-refractivity contribution in [3.8, 4) is 0 Å². The molecule has 0 aromatic rings. The van der Waals surface area contributed by atoms with Crippen LogP contribution in [0.1, 0.15) is 20.8 Å². The van der Waals surface area contributed by atoms with Crippen LogP contribution < -0.4 is 15.9 Å². The number of carboxylic acids is 2. The maximum Gasteiger partial charge on any atom is 2.00 e. The first-order valence-corrected chi connectivity index (χ1v) is 3.94.